The van der Waals surface area contributed by atoms with Gasteiger partial charge in [0.1, 0.15) is 6.33 Å². The molecule has 3 aromatic rings. The molecule has 0 aliphatic heterocycles. The molecule has 0 aliphatic carbocycles. The van der Waals surface area contributed by atoms with Crippen molar-refractivity contribution in [2.75, 3.05) is 10.7 Å². The van der Waals surface area contributed by atoms with Crippen molar-refractivity contribution in [2.24, 2.45) is 0 Å². The van der Waals surface area contributed by atoms with Gasteiger partial charge < -0.3 is 5.32 Å². The van der Waals surface area contributed by atoms with Crippen LogP contribution in [0.4, 0.5) is 36.2 Å². The Morgan fingerprint density at radius 3 is 2.19 bits per heavy atom. The van der Waals surface area contributed by atoms with Gasteiger partial charge in [-0.1, -0.05) is 17.7 Å². The van der Waals surface area contributed by atoms with Crippen molar-refractivity contribution >= 4 is 28.9 Å². The quantitative estimate of drug-likeness (QED) is 0.394. The highest BCUT2D eigenvalue weighted by atomic mass is 19.4. The predicted octanol–water partition coefficient (Wildman–Crippen LogP) is 4.21. The highest BCUT2D eigenvalue weighted by Crippen LogP contribution is 2.33. The Morgan fingerprint density at radius 2 is 1.61 bits per heavy atom. The number of aromatic nitrogens is 2. The van der Waals surface area contributed by atoms with Gasteiger partial charge in [0.05, 0.1) is 10.5 Å². The van der Waals surface area contributed by atoms with Crippen LogP contribution < -0.4 is 16.2 Å². The molecule has 0 radical (unpaired) electrons. The third-order valence-electron chi connectivity index (χ3n) is 4.09. The number of hydrogen-bond donors (Lipinski definition) is 3. The Labute approximate surface area is 173 Å². The summed E-state index contributed by atoms with van der Waals surface area (Å²) in [4.78, 5) is 30.5. The lowest BCUT2D eigenvalue weighted by atomic mass is 10.1. The maximum Gasteiger partial charge on any atom is 0.416 e. The van der Waals surface area contributed by atoms with E-state index in [0.29, 0.717) is 5.56 Å². The predicted molar refractivity (Wildman–Crippen MR) is 106 cm³/mol. The van der Waals surface area contributed by atoms with E-state index in [0.717, 1.165) is 36.2 Å². The number of carbonyl (C=O) groups excluding carboxylic acids is 1. The van der Waals surface area contributed by atoms with Gasteiger partial charge in [-0.3, -0.25) is 25.8 Å². The average Bonchev–Trinajstić information content (AvgIpc) is 2.72. The summed E-state index contributed by atoms with van der Waals surface area (Å²) in [5, 5.41) is 14.1. The molecule has 0 fully saturated rings. The lowest BCUT2D eigenvalue weighted by molar-refractivity contribution is -0.383. The fourth-order valence-electron chi connectivity index (χ4n) is 2.51. The third-order valence-corrected chi connectivity index (χ3v) is 4.09. The zero-order valence-corrected chi connectivity index (χ0v) is 15.9. The van der Waals surface area contributed by atoms with Crippen molar-refractivity contribution in [3.63, 3.8) is 0 Å². The monoisotopic (exact) mass is 432 g/mol. The van der Waals surface area contributed by atoms with E-state index < -0.39 is 28.3 Å². The summed E-state index contributed by atoms with van der Waals surface area (Å²) in [7, 11) is 0. The van der Waals surface area contributed by atoms with Crippen LogP contribution in [-0.2, 0) is 6.18 Å². The summed E-state index contributed by atoms with van der Waals surface area (Å²) >= 11 is 0. The van der Waals surface area contributed by atoms with Crippen LogP contribution in [0.1, 0.15) is 21.5 Å². The van der Waals surface area contributed by atoms with E-state index in [-0.39, 0.29) is 17.3 Å². The van der Waals surface area contributed by atoms with Gasteiger partial charge in [-0.2, -0.15) is 13.2 Å². The van der Waals surface area contributed by atoms with Crippen molar-refractivity contribution < 1.29 is 22.9 Å². The van der Waals surface area contributed by atoms with Gasteiger partial charge in [0.25, 0.3) is 5.91 Å². The second-order valence-electron chi connectivity index (χ2n) is 6.32. The lowest BCUT2D eigenvalue weighted by Gasteiger charge is -2.12. The van der Waals surface area contributed by atoms with Gasteiger partial charge in [0.2, 0.25) is 11.6 Å². The summed E-state index contributed by atoms with van der Waals surface area (Å²) in [6.45, 7) is 1.86. The number of carbonyl (C=O) groups is 1. The molecule has 160 valence electrons. The number of anilines is 3. The van der Waals surface area contributed by atoms with Crippen LogP contribution in [0, 0.1) is 17.0 Å². The van der Waals surface area contributed by atoms with Crippen LogP contribution in [0.3, 0.4) is 0 Å². The first-order valence-corrected chi connectivity index (χ1v) is 8.72. The molecule has 12 heteroatoms. The van der Waals surface area contributed by atoms with Crippen LogP contribution in [0.5, 0.6) is 0 Å². The Balaban J connectivity index is 1.80. The van der Waals surface area contributed by atoms with Gasteiger partial charge in [0, 0.05) is 11.3 Å². The zero-order valence-electron chi connectivity index (χ0n) is 15.9. The smallest absolute Gasteiger partial charge is 0.334 e. The second kappa shape index (κ2) is 8.65. The number of nitrogens with zero attached hydrogens (tertiary/aromatic N) is 3. The Morgan fingerprint density at radius 1 is 1.00 bits per heavy atom. The van der Waals surface area contributed by atoms with Gasteiger partial charge in [0.15, 0.2) is 0 Å². The number of rotatable bonds is 6. The summed E-state index contributed by atoms with van der Waals surface area (Å²) in [6.07, 6.45) is -3.51. The van der Waals surface area contributed by atoms with Crippen molar-refractivity contribution in [3.8, 4) is 0 Å². The molecule has 3 N–H and O–H groups in total. The number of halogens is 3. The van der Waals surface area contributed by atoms with Gasteiger partial charge in [-0.05, 0) is 43.3 Å². The molecule has 0 atom stereocenters. The summed E-state index contributed by atoms with van der Waals surface area (Å²) < 4.78 is 38.1. The largest absolute Gasteiger partial charge is 0.416 e. The number of nitro groups is 1. The minimum atomic E-state index is -4.51. The average molecular weight is 432 g/mol. The minimum absolute atomic E-state index is 0.143. The molecule has 2 aromatic carbocycles. The molecule has 0 spiro atoms. The zero-order chi connectivity index (χ0) is 22.6. The number of alkyl halides is 3. The first-order chi connectivity index (χ1) is 14.6. The van der Waals surface area contributed by atoms with E-state index in [1.807, 2.05) is 6.92 Å². The van der Waals surface area contributed by atoms with Crippen molar-refractivity contribution in [3.05, 3.63) is 81.7 Å². The number of nitrogens with one attached hydrogen (secondary N) is 3. The number of benzene rings is 2. The number of hydrogen-bond acceptors (Lipinski definition) is 7. The van der Waals surface area contributed by atoms with Crippen LogP contribution in [0.2, 0.25) is 0 Å². The Hall–Kier alpha value is -4.22. The fraction of sp³-hybridized carbons (Fsp3) is 0.105. The van der Waals surface area contributed by atoms with Crippen LogP contribution in [-0.4, -0.2) is 20.8 Å². The number of aryl methyl sites for hydroxylation is 1. The van der Waals surface area contributed by atoms with E-state index in [4.69, 9.17) is 0 Å². The molecule has 31 heavy (non-hydrogen) atoms. The molecule has 3 rings (SSSR count). The van der Waals surface area contributed by atoms with E-state index in [1.165, 1.54) is 0 Å². The Kier molecular flexibility index (Phi) is 6.00. The standard InChI is InChI=1S/C19H15F3N6O3/c1-11-2-4-12(5-3-11)18(29)27-26-17-15(28(30)31)16(23-10-24-17)25-14-8-6-13(7-9-14)19(20,21)22/h2-10H,1H3,(H,27,29)(H2,23,24,25,26). The second-order valence-corrected chi connectivity index (χ2v) is 6.32. The first kappa shape index (κ1) is 21.5. The normalized spacial score (nSPS) is 11.0. The first-order valence-electron chi connectivity index (χ1n) is 8.72. The minimum Gasteiger partial charge on any atom is -0.334 e. The number of amides is 1. The van der Waals surface area contributed by atoms with Gasteiger partial charge in [-0.25, -0.2) is 9.97 Å². The number of hydrazine groups is 1. The molecule has 1 amide bonds. The van der Waals surface area contributed by atoms with Crippen LogP contribution in [0.15, 0.2) is 54.9 Å². The molecule has 0 unspecified atom stereocenters. The molecular formula is C19H15F3N6O3. The van der Waals surface area contributed by atoms with Crippen LogP contribution >= 0.6 is 0 Å². The SMILES string of the molecule is Cc1ccc(C(=O)NNc2ncnc(Nc3ccc(C(F)(F)F)cc3)c2[N+](=O)[O-])cc1. The van der Waals surface area contributed by atoms with Crippen LogP contribution in [0.25, 0.3) is 0 Å². The highest BCUT2D eigenvalue weighted by molar-refractivity contribution is 5.95. The van der Waals surface area contributed by atoms with E-state index in [2.05, 4.69) is 26.1 Å². The van der Waals surface area contributed by atoms with E-state index >= 15 is 0 Å². The topological polar surface area (TPSA) is 122 Å². The summed E-state index contributed by atoms with van der Waals surface area (Å²) in [5.74, 6) is -1.13. The Bertz CT molecular complexity index is 1100. The van der Waals surface area contributed by atoms with Crippen molar-refractivity contribution in [1.82, 2.24) is 15.4 Å². The highest BCUT2D eigenvalue weighted by Gasteiger charge is 2.30. The van der Waals surface area contributed by atoms with Crippen molar-refractivity contribution in [2.45, 2.75) is 13.1 Å². The summed E-state index contributed by atoms with van der Waals surface area (Å²) in [5.41, 5.74) is 4.64. The molecule has 0 aliphatic rings. The van der Waals surface area contributed by atoms with E-state index in [1.54, 1.807) is 24.3 Å². The van der Waals surface area contributed by atoms with Crippen molar-refractivity contribution in [1.29, 1.82) is 0 Å². The maximum atomic E-state index is 12.7. The fourth-order valence-corrected chi connectivity index (χ4v) is 2.51. The summed E-state index contributed by atoms with van der Waals surface area (Å²) in [6, 6.07) is 10.5. The molecule has 0 saturated carbocycles. The molecule has 0 saturated heterocycles. The molecule has 1 aromatic heterocycles. The maximum absolute atomic E-state index is 12.7. The van der Waals surface area contributed by atoms with Gasteiger partial charge >= 0.3 is 11.9 Å². The lowest BCUT2D eigenvalue weighted by Crippen LogP contribution is -2.30. The third kappa shape index (κ3) is 5.23. The van der Waals surface area contributed by atoms with E-state index in [9.17, 15) is 28.1 Å². The molecule has 1 heterocycles. The molecular weight excluding hydrogens is 417 g/mol. The molecule has 0 bridgehead atoms. The molecule has 9 nitrogen and oxygen atoms in total. The van der Waals surface area contributed by atoms with Gasteiger partial charge in [-0.15, -0.1) is 0 Å².